The van der Waals surface area contributed by atoms with Gasteiger partial charge in [0.05, 0.1) is 0 Å². The van der Waals surface area contributed by atoms with E-state index in [2.05, 4.69) is 12.2 Å². The number of benzene rings is 1. The van der Waals surface area contributed by atoms with Gasteiger partial charge in [0, 0.05) is 12.6 Å². The Balaban J connectivity index is 2.10. The number of nitrogens with zero attached hydrogens (tertiary/aromatic N) is 1. The lowest BCUT2D eigenvalue weighted by Gasteiger charge is -2.37. The first kappa shape index (κ1) is 15.4. The van der Waals surface area contributed by atoms with Crippen LogP contribution in [0.4, 0.5) is 4.79 Å². The highest BCUT2D eigenvalue weighted by Crippen LogP contribution is 2.22. The van der Waals surface area contributed by atoms with Gasteiger partial charge in [-0.15, -0.1) is 0 Å². The molecule has 1 aliphatic rings. The number of carbonyl (C=O) groups is 2. The van der Waals surface area contributed by atoms with Gasteiger partial charge in [0.1, 0.15) is 0 Å². The molecule has 2 rings (SSSR count). The van der Waals surface area contributed by atoms with Crippen LogP contribution in [-0.4, -0.2) is 34.6 Å². The standard InChI is InChI=1S/C16H22N2O3/c1-11-8-9-12(2)18(10-11)16(21)17-14(15(19)20)13-6-4-3-5-7-13/h3-7,11-12,14H,8-10H2,1-2H3,(H,17,21)(H,19,20)/t11?,12?,14-/m1/s1. The first-order chi connectivity index (χ1) is 9.99. The van der Waals surface area contributed by atoms with Gasteiger partial charge in [0.25, 0.3) is 0 Å². The number of piperidine rings is 1. The molecule has 114 valence electrons. The molecule has 0 aromatic heterocycles. The predicted molar refractivity (Wildman–Crippen MR) is 79.9 cm³/mol. The third-order valence-electron chi connectivity index (χ3n) is 4.03. The third-order valence-corrected chi connectivity index (χ3v) is 4.03. The van der Waals surface area contributed by atoms with Crippen LogP contribution in [0.1, 0.15) is 38.3 Å². The van der Waals surface area contributed by atoms with Gasteiger partial charge in [-0.2, -0.15) is 0 Å². The van der Waals surface area contributed by atoms with Crippen LogP contribution in [0.15, 0.2) is 30.3 Å². The molecule has 1 fully saturated rings. The highest BCUT2D eigenvalue weighted by Gasteiger charge is 2.30. The lowest BCUT2D eigenvalue weighted by Crippen LogP contribution is -2.51. The van der Waals surface area contributed by atoms with E-state index in [1.807, 2.05) is 13.0 Å². The number of hydrogen-bond donors (Lipinski definition) is 2. The van der Waals surface area contributed by atoms with Gasteiger partial charge in [0.2, 0.25) is 0 Å². The Kier molecular flexibility index (Phi) is 4.83. The monoisotopic (exact) mass is 290 g/mol. The van der Waals surface area contributed by atoms with Crippen molar-refractivity contribution in [3.63, 3.8) is 0 Å². The van der Waals surface area contributed by atoms with E-state index < -0.39 is 12.0 Å². The Morgan fingerprint density at radius 3 is 2.52 bits per heavy atom. The molecule has 0 spiro atoms. The number of urea groups is 1. The number of aliphatic carboxylic acids is 1. The maximum atomic E-state index is 12.4. The van der Waals surface area contributed by atoms with E-state index in [0.717, 1.165) is 12.8 Å². The van der Waals surface area contributed by atoms with E-state index in [-0.39, 0.29) is 12.1 Å². The number of carbonyl (C=O) groups excluding carboxylic acids is 1. The summed E-state index contributed by atoms with van der Waals surface area (Å²) in [7, 11) is 0. The van der Waals surface area contributed by atoms with Crippen molar-refractivity contribution in [3.05, 3.63) is 35.9 Å². The largest absolute Gasteiger partial charge is 0.479 e. The Labute approximate surface area is 125 Å². The minimum absolute atomic E-state index is 0.145. The maximum absolute atomic E-state index is 12.4. The summed E-state index contributed by atoms with van der Waals surface area (Å²) in [4.78, 5) is 25.6. The Bertz CT molecular complexity index is 504. The molecule has 2 unspecified atom stereocenters. The van der Waals surface area contributed by atoms with E-state index in [9.17, 15) is 14.7 Å². The maximum Gasteiger partial charge on any atom is 0.330 e. The minimum atomic E-state index is -1.05. The van der Waals surface area contributed by atoms with Crippen molar-refractivity contribution in [3.8, 4) is 0 Å². The Morgan fingerprint density at radius 2 is 1.90 bits per heavy atom. The number of amides is 2. The number of hydrogen-bond acceptors (Lipinski definition) is 2. The highest BCUT2D eigenvalue weighted by atomic mass is 16.4. The Morgan fingerprint density at radius 1 is 1.24 bits per heavy atom. The van der Waals surface area contributed by atoms with Crippen molar-refractivity contribution in [1.29, 1.82) is 0 Å². The fraction of sp³-hybridized carbons (Fsp3) is 0.500. The van der Waals surface area contributed by atoms with E-state index in [1.54, 1.807) is 29.2 Å². The van der Waals surface area contributed by atoms with E-state index in [0.29, 0.717) is 18.0 Å². The van der Waals surface area contributed by atoms with Gasteiger partial charge in [-0.3, -0.25) is 0 Å². The lowest BCUT2D eigenvalue weighted by molar-refractivity contribution is -0.139. The van der Waals surface area contributed by atoms with E-state index in [4.69, 9.17) is 0 Å². The average molecular weight is 290 g/mol. The molecule has 0 aliphatic carbocycles. The van der Waals surface area contributed by atoms with Crippen molar-refractivity contribution >= 4 is 12.0 Å². The van der Waals surface area contributed by atoms with Crippen LogP contribution in [0.2, 0.25) is 0 Å². The SMILES string of the molecule is CC1CCC(C)N(C(=O)N[C@@H](C(=O)O)c2ccccc2)C1. The molecule has 1 aliphatic heterocycles. The summed E-state index contributed by atoms with van der Waals surface area (Å²) in [6, 6.07) is 7.60. The molecule has 1 aromatic carbocycles. The number of carboxylic acids is 1. The second kappa shape index (κ2) is 6.61. The Hall–Kier alpha value is -2.04. The third kappa shape index (κ3) is 3.74. The molecule has 1 aromatic rings. The van der Waals surface area contributed by atoms with Crippen LogP contribution in [0.3, 0.4) is 0 Å². The second-order valence-electron chi connectivity index (χ2n) is 5.82. The van der Waals surface area contributed by atoms with Crippen molar-refractivity contribution in [2.24, 2.45) is 5.92 Å². The van der Waals surface area contributed by atoms with Crippen LogP contribution in [0, 0.1) is 5.92 Å². The van der Waals surface area contributed by atoms with Gasteiger partial charge < -0.3 is 15.3 Å². The summed E-state index contributed by atoms with van der Waals surface area (Å²) in [5, 5.41) is 12.0. The molecule has 2 N–H and O–H groups in total. The van der Waals surface area contributed by atoms with Crippen LogP contribution in [-0.2, 0) is 4.79 Å². The molecular formula is C16H22N2O3. The van der Waals surface area contributed by atoms with Crippen LogP contribution < -0.4 is 5.32 Å². The molecule has 1 heterocycles. The zero-order valence-corrected chi connectivity index (χ0v) is 12.5. The summed E-state index contributed by atoms with van der Waals surface area (Å²) >= 11 is 0. The topological polar surface area (TPSA) is 69.6 Å². The number of carboxylic acid groups (broad SMARTS) is 1. The quantitative estimate of drug-likeness (QED) is 0.899. The molecule has 0 radical (unpaired) electrons. The molecular weight excluding hydrogens is 268 g/mol. The van der Waals surface area contributed by atoms with Crippen LogP contribution in [0.25, 0.3) is 0 Å². The molecule has 1 saturated heterocycles. The fourth-order valence-corrected chi connectivity index (χ4v) is 2.71. The van der Waals surface area contributed by atoms with E-state index >= 15 is 0 Å². The summed E-state index contributed by atoms with van der Waals surface area (Å²) in [6.45, 7) is 4.79. The minimum Gasteiger partial charge on any atom is -0.479 e. The van der Waals surface area contributed by atoms with Crippen molar-refractivity contribution in [2.75, 3.05) is 6.54 Å². The molecule has 0 bridgehead atoms. The zero-order valence-electron chi connectivity index (χ0n) is 12.5. The van der Waals surface area contributed by atoms with Gasteiger partial charge in [-0.05, 0) is 31.2 Å². The van der Waals surface area contributed by atoms with Crippen molar-refractivity contribution < 1.29 is 14.7 Å². The van der Waals surface area contributed by atoms with Gasteiger partial charge >= 0.3 is 12.0 Å². The van der Waals surface area contributed by atoms with E-state index in [1.165, 1.54) is 0 Å². The fourth-order valence-electron chi connectivity index (χ4n) is 2.71. The summed E-state index contributed by atoms with van der Waals surface area (Å²) < 4.78 is 0. The molecule has 21 heavy (non-hydrogen) atoms. The second-order valence-corrected chi connectivity index (χ2v) is 5.82. The summed E-state index contributed by atoms with van der Waals surface area (Å²) in [5.74, 6) is -0.598. The molecule has 2 amide bonds. The van der Waals surface area contributed by atoms with Gasteiger partial charge in [0.15, 0.2) is 6.04 Å². The van der Waals surface area contributed by atoms with Gasteiger partial charge in [-0.25, -0.2) is 9.59 Å². The number of likely N-dealkylation sites (tertiary alicyclic amines) is 1. The lowest BCUT2D eigenvalue weighted by atomic mass is 9.95. The first-order valence-corrected chi connectivity index (χ1v) is 7.34. The smallest absolute Gasteiger partial charge is 0.330 e. The van der Waals surface area contributed by atoms with Gasteiger partial charge in [-0.1, -0.05) is 37.3 Å². The highest BCUT2D eigenvalue weighted by molar-refractivity contribution is 5.83. The van der Waals surface area contributed by atoms with Crippen molar-refractivity contribution in [1.82, 2.24) is 10.2 Å². The summed E-state index contributed by atoms with van der Waals surface area (Å²) in [5.41, 5.74) is 0.580. The first-order valence-electron chi connectivity index (χ1n) is 7.34. The molecule has 3 atom stereocenters. The van der Waals surface area contributed by atoms with Crippen LogP contribution in [0.5, 0.6) is 0 Å². The molecule has 5 nitrogen and oxygen atoms in total. The molecule has 5 heteroatoms. The van der Waals surface area contributed by atoms with Crippen LogP contribution >= 0.6 is 0 Å². The normalized spacial score (nSPS) is 23.4. The van der Waals surface area contributed by atoms with Crippen molar-refractivity contribution in [2.45, 2.75) is 38.8 Å². The summed E-state index contributed by atoms with van der Waals surface area (Å²) in [6.07, 6.45) is 2.06. The zero-order chi connectivity index (χ0) is 15.4. The number of nitrogens with one attached hydrogen (secondary N) is 1. The predicted octanol–water partition coefficient (Wildman–Crippen LogP) is 2.64. The molecule has 0 saturated carbocycles. The average Bonchev–Trinajstić information content (AvgIpc) is 2.47. The number of rotatable bonds is 3.